The van der Waals surface area contributed by atoms with Crippen LogP contribution in [-0.4, -0.2) is 38.8 Å². The Labute approximate surface area is 163 Å². The number of hydrogen-bond donors (Lipinski definition) is 1. The van der Waals surface area contributed by atoms with Crippen molar-refractivity contribution >= 4 is 17.7 Å². The summed E-state index contributed by atoms with van der Waals surface area (Å²) >= 11 is 0. The normalized spacial score (nSPS) is 11.0. The molecule has 0 amide bonds. The van der Waals surface area contributed by atoms with Gasteiger partial charge in [0.2, 0.25) is 5.95 Å². The second-order valence-corrected chi connectivity index (χ2v) is 6.84. The van der Waals surface area contributed by atoms with E-state index >= 15 is 0 Å². The summed E-state index contributed by atoms with van der Waals surface area (Å²) in [4.78, 5) is 20.5. The molecule has 2 heterocycles. The molecular weight excluding hydrogens is 358 g/mol. The molecule has 0 bridgehead atoms. The van der Waals surface area contributed by atoms with Crippen LogP contribution in [-0.2, 0) is 16.0 Å². The quantitative estimate of drug-likeness (QED) is 0.494. The van der Waals surface area contributed by atoms with Crippen molar-refractivity contribution in [1.29, 1.82) is 0 Å². The second-order valence-electron chi connectivity index (χ2n) is 6.84. The summed E-state index contributed by atoms with van der Waals surface area (Å²) in [6.07, 6.45) is 0.764. The Balaban J connectivity index is 1.50. The number of nitrogen functional groups attached to an aromatic ring is 1. The summed E-state index contributed by atoms with van der Waals surface area (Å²) in [5.41, 5.74) is 10.5. The van der Waals surface area contributed by atoms with Gasteiger partial charge in [0.25, 0.3) is 5.78 Å². The molecule has 0 aliphatic rings. The van der Waals surface area contributed by atoms with E-state index in [0.717, 1.165) is 33.8 Å². The van der Waals surface area contributed by atoms with E-state index in [1.807, 2.05) is 39.8 Å². The van der Waals surface area contributed by atoms with Crippen LogP contribution in [0.3, 0.4) is 0 Å². The highest BCUT2D eigenvalue weighted by atomic mass is 16.6. The van der Waals surface area contributed by atoms with Gasteiger partial charge in [-0.3, -0.25) is 4.79 Å². The number of nitrogens with zero attached hydrogens (tertiary/aromatic N) is 4. The van der Waals surface area contributed by atoms with E-state index in [4.69, 9.17) is 15.2 Å². The van der Waals surface area contributed by atoms with Gasteiger partial charge in [-0.05, 0) is 62.9 Å². The molecule has 0 saturated carbocycles. The summed E-state index contributed by atoms with van der Waals surface area (Å²) in [5.74, 6) is 1.14. The molecule has 0 aliphatic carbocycles. The molecule has 0 spiro atoms. The Kier molecular flexibility index (Phi) is 5.77. The number of anilines is 1. The summed E-state index contributed by atoms with van der Waals surface area (Å²) in [7, 11) is 0. The third kappa shape index (κ3) is 4.57. The van der Waals surface area contributed by atoms with Gasteiger partial charge in [-0.25, -0.2) is 4.98 Å². The first-order chi connectivity index (χ1) is 13.3. The van der Waals surface area contributed by atoms with Crippen molar-refractivity contribution in [2.75, 3.05) is 18.9 Å². The third-order valence-electron chi connectivity index (χ3n) is 4.45. The number of benzene rings is 1. The van der Waals surface area contributed by atoms with Crippen LogP contribution in [0.2, 0.25) is 0 Å². The van der Waals surface area contributed by atoms with E-state index in [9.17, 15) is 4.79 Å². The molecule has 28 heavy (non-hydrogen) atoms. The molecular formula is C20H25N5O3. The van der Waals surface area contributed by atoms with E-state index in [2.05, 4.69) is 21.1 Å². The molecule has 3 aromatic rings. The van der Waals surface area contributed by atoms with Crippen molar-refractivity contribution in [3.8, 4) is 5.75 Å². The van der Waals surface area contributed by atoms with Gasteiger partial charge in [-0.15, -0.1) is 5.10 Å². The Hall–Kier alpha value is -3.16. The van der Waals surface area contributed by atoms with Crippen LogP contribution in [0.5, 0.6) is 5.75 Å². The summed E-state index contributed by atoms with van der Waals surface area (Å²) < 4.78 is 12.5. The van der Waals surface area contributed by atoms with Crippen LogP contribution in [0, 0.1) is 27.7 Å². The first-order valence-electron chi connectivity index (χ1n) is 9.18. The lowest BCUT2D eigenvalue weighted by Crippen LogP contribution is -2.14. The summed E-state index contributed by atoms with van der Waals surface area (Å²) in [6.45, 7) is 8.36. The van der Waals surface area contributed by atoms with Gasteiger partial charge >= 0.3 is 5.97 Å². The first-order valence-corrected chi connectivity index (χ1v) is 9.18. The number of carbonyl (C=O) groups is 1. The molecule has 3 rings (SSSR count). The molecule has 2 aromatic heterocycles. The second kappa shape index (κ2) is 8.24. The molecule has 8 nitrogen and oxygen atoms in total. The number of nitrogens with two attached hydrogens (primary N) is 1. The predicted octanol–water partition coefficient (Wildman–Crippen LogP) is 2.49. The SMILES string of the molecule is Cc1cc(C)cc(OCCOC(=O)CCc2c(C)nc3nc(N)nn3c2C)c1. The maximum absolute atomic E-state index is 12.1. The molecule has 0 radical (unpaired) electrons. The minimum absolute atomic E-state index is 0.176. The Morgan fingerprint density at radius 3 is 2.50 bits per heavy atom. The first kappa shape index (κ1) is 19.6. The summed E-state index contributed by atoms with van der Waals surface area (Å²) in [6, 6.07) is 6.00. The van der Waals surface area contributed by atoms with Crippen LogP contribution >= 0.6 is 0 Å². The number of aromatic nitrogens is 4. The molecule has 2 N–H and O–H groups in total. The molecule has 0 fully saturated rings. The Morgan fingerprint density at radius 1 is 1.07 bits per heavy atom. The predicted molar refractivity (Wildman–Crippen MR) is 105 cm³/mol. The largest absolute Gasteiger partial charge is 0.490 e. The molecule has 148 valence electrons. The fourth-order valence-corrected chi connectivity index (χ4v) is 3.22. The van der Waals surface area contributed by atoms with Crippen molar-refractivity contribution in [3.63, 3.8) is 0 Å². The van der Waals surface area contributed by atoms with Crippen LogP contribution in [0.15, 0.2) is 18.2 Å². The van der Waals surface area contributed by atoms with E-state index in [0.29, 0.717) is 18.8 Å². The number of hydrogen-bond acceptors (Lipinski definition) is 7. The topological polar surface area (TPSA) is 105 Å². The van der Waals surface area contributed by atoms with Crippen LogP contribution in [0.1, 0.15) is 34.5 Å². The lowest BCUT2D eigenvalue weighted by molar-refractivity contribution is -0.144. The van der Waals surface area contributed by atoms with E-state index in [1.54, 1.807) is 4.52 Å². The lowest BCUT2D eigenvalue weighted by Gasteiger charge is -2.11. The van der Waals surface area contributed by atoms with Gasteiger partial charge in [0.1, 0.15) is 19.0 Å². The molecule has 0 atom stereocenters. The molecule has 8 heteroatoms. The standard InChI is InChI=1S/C20H25N5O3/c1-12-9-13(2)11-16(10-12)27-7-8-28-18(26)6-5-17-14(3)22-20-23-19(21)24-25(20)15(17)4/h9-11H,5-8H2,1-4H3,(H2,21,24). The van der Waals surface area contributed by atoms with Crippen molar-refractivity contribution in [2.24, 2.45) is 0 Å². The molecule has 0 saturated heterocycles. The maximum Gasteiger partial charge on any atom is 0.306 e. The monoisotopic (exact) mass is 383 g/mol. The average Bonchev–Trinajstić information content (AvgIpc) is 2.98. The van der Waals surface area contributed by atoms with E-state index in [-0.39, 0.29) is 24.9 Å². The highest BCUT2D eigenvalue weighted by Gasteiger charge is 2.14. The maximum atomic E-state index is 12.1. The lowest BCUT2D eigenvalue weighted by atomic mass is 10.1. The zero-order chi connectivity index (χ0) is 20.3. The van der Waals surface area contributed by atoms with Crippen molar-refractivity contribution in [1.82, 2.24) is 19.6 Å². The number of carbonyl (C=O) groups excluding carboxylic acids is 1. The van der Waals surface area contributed by atoms with Gasteiger partial charge in [0.05, 0.1) is 0 Å². The van der Waals surface area contributed by atoms with E-state index < -0.39 is 0 Å². The van der Waals surface area contributed by atoms with Crippen molar-refractivity contribution in [3.05, 3.63) is 46.3 Å². The van der Waals surface area contributed by atoms with Gasteiger partial charge in [0.15, 0.2) is 0 Å². The van der Waals surface area contributed by atoms with Gasteiger partial charge < -0.3 is 15.2 Å². The number of rotatable bonds is 7. The van der Waals surface area contributed by atoms with Crippen LogP contribution in [0.25, 0.3) is 5.78 Å². The smallest absolute Gasteiger partial charge is 0.306 e. The van der Waals surface area contributed by atoms with Crippen LogP contribution < -0.4 is 10.5 Å². The van der Waals surface area contributed by atoms with E-state index in [1.165, 1.54) is 0 Å². The minimum atomic E-state index is -0.277. The highest BCUT2D eigenvalue weighted by Crippen LogP contribution is 2.17. The van der Waals surface area contributed by atoms with Gasteiger partial charge in [0, 0.05) is 17.8 Å². The Bertz CT molecular complexity index is 992. The fraction of sp³-hybridized carbons (Fsp3) is 0.400. The zero-order valence-corrected chi connectivity index (χ0v) is 16.7. The van der Waals surface area contributed by atoms with Gasteiger partial charge in [-0.1, -0.05) is 6.07 Å². The number of ether oxygens (including phenoxy) is 2. The number of aryl methyl sites for hydroxylation is 4. The third-order valence-corrected chi connectivity index (χ3v) is 4.45. The number of esters is 1. The minimum Gasteiger partial charge on any atom is -0.490 e. The summed E-state index contributed by atoms with van der Waals surface area (Å²) in [5, 5.41) is 4.13. The number of fused-ring (bicyclic) bond motifs is 1. The zero-order valence-electron chi connectivity index (χ0n) is 16.7. The van der Waals surface area contributed by atoms with Gasteiger partial charge in [-0.2, -0.15) is 9.50 Å². The van der Waals surface area contributed by atoms with Crippen molar-refractivity contribution < 1.29 is 14.3 Å². The average molecular weight is 383 g/mol. The van der Waals surface area contributed by atoms with Crippen molar-refractivity contribution in [2.45, 2.75) is 40.5 Å². The fourth-order valence-electron chi connectivity index (χ4n) is 3.22. The highest BCUT2D eigenvalue weighted by molar-refractivity contribution is 5.69. The molecule has 1 aromatic carbocycles. The molecule has 0 unspecified atom stereocenters. The van der Waals surface area contributed by atoms with Crippen LogP contribution in [0.4, 0.5) is 5.95 Å². The Morgan fingerprint density at radius 2 is 1.79 bits per heavy atom. The molecule has 0 aliphatic heterocycles.